The summed E-state index contributed by atoms with van der Waals surface area (Å²) < 4.78 is 10.8. The molecule has 0 spiro atoms. The molecule has 22 heavy (non-hydrogen) atoms. The Kier molecular flexibility index (Phi) is 3.63. The van der Waals surface area contributed by atoms with Crippen LogP contribution in [0.1, 0.15) is 15.9 Å². The molecule has 2 aromatic carbocycles. The van der Waals surface area contributed by atoms with Crippen molar-refractivity contribution < 1.29 is 24.5 Å². The van der Waals surface area contributed by atoms with Crippen LogP contribution in [-0.4, -0.2) is 29.7 Å². The van der Waals surface area contributed by atoms with Gasteiger partial charge in [-0.25, -0.2) is 0 Å². The predicted octanol–water partition coefficient (Wildman–Crippen LogP) is 2.54. The molecule has 1 aliphatic heterocycles. The van der Waals surface area contributed by atoms with Crippen LogP contribution in [0.5, 0.6) is 23.0 Å². The van der Waals surface area contributed by atoms with Crippen molar-refractivity contribution in [2.75, 3.05) is 13.7 Å². The fraction of sp³-hybridized carbons (Fsp3) is 0.235. The maximum atomic E-state index is 12.7. The molecule has 0 saturated heterocycles. The Morgan fingerprint density at radius 2 is 1.91 bits per heavy atom. The number of carbonyl (C=O) groups excluding carboxylic acids is 1. The zero-order valence-electron chi connectivity index (χ0n) is 12.1. The Hall–Kier alpha value is -2.69. The van der Waals surface area contributed by atoms with Gasteiger partial charge in [0.05, 0.1) is 19.6 Å². The molecule has 1 unspecified atom stereocenters. The quantitative estimate of drug-likeness (QED) is 0.911. The van der Waals surface area contributed by atoms with Crippen LogP contribution in [0.15, 0.2) is 36.4 Å². The van der Waals surface area contributed by atoms with Gasteiger partial charge in [0.25, 0.3) is 0 Å². The Balaban J connectivity index is 1.89. The molecule has 3 rings (SSSR count). The highest BCUT2D eigenvalue weighted by atomic mass is 16.5. The summed E-state index contributed by atoms with van der Waals surface area (Å²) in [4.78, 5) is 12.7. The maximum Gasteiger partial charge on any atom is 0.177 e. The standard InChI is InChI=1S/C17H16O5/c1-21-14-7-13(19)8-15-16(14)17(20)11(9-22-15)6-10-2-4-12(18)5-3-10/h2-5,7-8,11,18-19H,6,9H2,1H3. The molecule has 0 saturated carbocycles. The zero-order chi connectivity index (χ0) is 15.7. The van der Waals surface area contributed by atoms with Crippen molar-refractivity contribution in [1.82, 2.24) is 0 Å². The van der Waals surface area contributed by atoms with E-state index in [9.17, 15) is 15.0 Å². The largest absolute Gasteiger partial charge is 0.508 e. The number of rotatable bonds is 3. The third kappa shape index (κ3) is 2.57. The smallest absolute Gasteiger partial charge is 0.177 e. The van der Waals surface area contributed by atoms with Crippen LogP contribution in [0, 0.1) is 5.92 Å². The van der Waals surface area contributed by atoms with E-state index in [1.54, 1.807) is 24.3 Å². The van der Waals surface area contributed by atoms with Gasteiger partial charge in [0.2, 0.25) is 0 Å². The molecule has 0 fully saturated rings. The topological polar surface area (TPSA) is 76.0 Å². The minimum absolute atomic E-state index is 0.000356. The van der Waals surface area contributed by atoms with Crippen molar-refractivity contribution in [3.8, 4) is 23.0 Å². The molecule has 2 N–H and O–H groups in total. The summed E-state index contributed by atoms with van der Waals surface area (Å²) in [6.07, 6.45) is 0.516. The molecule has 5 heteroatoms. The van der Waals surface area contributed by atoms with Crippen molar-refractivity contribution in [2.24, 2.45) is 5.92 Å². The molecule has 2 aromatic rings. The second kappa shape index (κ2) is 5.60. The van der Waals surface area contributed by atoms with Crippen LogP contribution in [0.25, 0.3) is 0 Å². The van der Waals surface area contributed by atoms with Crippen LogP contribution in [-0.2, 0) is 6.42 Å². The van der Waals surface area contributed by atoms with Gasteiger partial charge in [-0.05, 0) is 24.1 Å². The van der Waals surface area contributed by atoms with Crippen LogP contribution in [0.3, 0.4) is 0 Å². The van der Waals surface area contributed by atoms with Crippen LogP contribution in [0.2, 0.25) is 0 Å². The average molecular weight is 300 g/mol. The SMILES string of the molecule is COc1cc(O)cc2c1C(=O)C(Cc1ccc(O)cc1)CO2. The summed E-state index contributed by atoms with van der Waals surface area (Å²) in [6.45, 7) is 0.249. The highest BCUT2D eigenvalue weighted by Crippen LogP contribution is 2.38. The number of benzene rings is 2. The van der Waals surface area contributed by atoms with Gasteiger partial charge in [-0.2, -0.15) is 0 Å². The van der Waals surface area contributed by atoms with Gasteiger partial charge in [0.1, 0.15) is 28.6 Å². The summed E-state index contributed by atoms with van der Waals surface area (Å²) in [6, 6.07) is 9.58. The number of carbonyl (C=O) groups is 1. The number of aromatic hydroxyl groups is 2. The number of hydrogen-bond donors (Lipinski definition) is 2. The molecule has 0 aromatic heterocycles. The molecule has 114 valence electrons. The van der Waals surface area contributed by atoms with Crippen molar-refractivity contribution >= 4 is 5.78 Å². The van der Waals surface area contributed by atoms with Gasteiger partial charge < -0.3 is 19.7 Å². The van der Waals surface area contributed by atoms with Crippen molar-refractivity contribution in [2.45, 2.75) is 6.42 Å². The van der Waals surface area contributed by atoms with Crippen molar-refractivity contribution in [3.05, 3.63) is 47.5 Å². The van der Waals surface area contributed by atoms with Gasteiger partial charge in [0.15, 0.2) is 5.78 Å². The van der Waals surface area contributed by atoms with Crippen molar-refractivity contribution in [3.63, 3.8) is 0 Å². The molecule has 5 nitrogen and oxygen atoms in total. The third-order valence-electron chi connectivity index (χ3n) is 3.75. The first-order valence-corrected chi connectivity index (χ1v) is 6.94. The minimum Gasteiger partial charge on any atom is -0.508 e. The molecule has 0 radical (unpaired) electrons. The second-order valence-electron chi connectivity index (χ2n) is 5.26. The highest BCUT2D eigenvalue weighted by molar-refractivity contribution is 6.04. The van der Waals surface area contributed by atoms with Crippen LogP contribution < -0.4 is 9.47 Å². The van der Waals surface area contributed by atoms with E-state index in [1.807, 2.05) is 0 Å². The lowest BCUT2D eigenvalue weighted by molar-refractivity contribution is 0.0825. The van der Waals surface area contributed by atoms with Gasteiger partial charge in [0, 0.05) is 12.1 Å². The fourth-order valence-electron chi connectivity index (χ4n) is 2.63. The van der Waals surface area contributed by atoms with Gasteiger partial charge in [-0.15, -0.1) is 0 Å². The van der Waals surface area contributed by atoms with Gasteiger partial charge in [-0.1, -0.05) is 12.1 Å². The lowest BCUT2D eigenvalue weighted by Crippen LogP contribution is -2.30. The summed E-state index contributed by atoms with van der Waals surface area (Å²) in [5.41, 5.74) is 1.32. The number of ether oxygens (including phenoxy) is 2. The number of phenolic OH excluding ortho intramolecular Hbond substituents is 2. The molecular formula is C17H16O5. The number of phenols is 2. The molecule has 1 aliphatic rings. The van der Waals surface area contributed by atoms with E-state index in [0.29, 0.717) is 23.5 Å². The Labute approximate surface area is 127 Å². The number of ketones is 1. The normalized spacial score (nSPS) is 16.8. The lowest BCUT2D eigenvalue weighted by Gasteiger charge is -2.25. The minimum atomic E-state index is -0.324. The Bertz CT molecular complexity index is 688. The summed E-state index contributed by atoms with van der Waals surface area (Å²) in [5, 5.41) is 18.9. The van der Waals surface area contributed by atoms with Crippen molar-refractivity contribution in [1.29, 1.82) is 0 Å². The molecule has 1 heterocycles. The van der Waals surface area contributed by atoms with Gasteiger partial charge >= 0.3 is 0 Å². The molecular weight excluding hydrogens is 284 g/mol. The van der Waals surface area contributed by atoms with Crippen LogP contribution >= 0.6 is 0 Å². The first kappa shape index (κ1) is 14.3. The van der Waals surface area contributed by atoms with E-state index in [-0.39, 0.29) is 29.8 Å². The maximum absolute atomic E-state index is 12.7. The molecule has 0 amide bonds. The lowest BCUT2D eigenvalue weighted by atomic mass is 9.89. The molecule has 1 atom stereocenters. The van der Waals surface area contributed by atoms with E-state index in [1.165, 1.54) is 19.2 Å². The number of Topliss-reactive ketones (excluding diaryl/α,β-unsaturated/α-hetero) is 1. The Morgan fingerprint density at radius 1 is 1.18 bits per heavy atom. The molecule has 0 bridgehead atoms. The number of methoxy groups -OCH3 is 1. The third-order valence-corrected chi connectivity index (χ3v) is 3.75. The number of hydrogen-bond acceptors (Lipinski definition) is 5. The van der Waals surface area contributed by atoms with E-state index in [4.69, 9.17) is 9.47 Å². The average Bonchev–Trinajstić information content (AvgIpc) is 2.51. The monoisotopic (exact) mass is 300 g/mol. The van der Waals surface area contributed by atoms with Crippen LogP contribution in [0.4, 0.5) is 0 Å². The summed E-state index contributed by atoms with van der Waals surface area (Å²) in [7, 11) is 1.45. The molecule has 0 aliphatic carbocycles. The van der Waals surface area contributed by atoms with E-state index < -0.39 is 0 Å². The van der Waals surface area contributed by atoms with E-state index >= 15 is 0 Å². The summed E-state index contributed by atoms with van der Waals surface area (Å²) in [5.74, 6) is 0.471. The highest BCUT2D eigenvalue weighted by Gasteiger charge is 2.32. The second-order valence-corrected chi connectivity index (χ2v) is 5.26. The number of fused-ring (bicyclic) bond motifs is 1. The first-order chi connectivity index (χ1) is 10.6. The summed E-state index contributed by atoms with van der Waals surface area (Å²) >= 11 is 0. The van der Waals surface area contributed by atoms with Gasteiger partial charge in [-0.3, -0.25) is 4.79 Å². The predicted molar refractivity (Wildman–Crippen MR) is 79.8 cm³/mol. The Morgan fingerprint density at radius 3 is 2.59 bits per heavy atom. The zero-order valence-corrected chi connectivity index (χ0v) is 12.1. The van der Waals surface area contributed by atoms with E-state index in [0.717, 1.165) is 5.56 Å². The van der Waals surface area contributed by atoms with E-state index in [2.05, 4.69) is 0 Å². The fourth-order valence-corrected chi connectivity index (χ4v) is 2.63. The first-order valence-electron chi connectivity index (χ1n) is 6.94.